The molecule has 1 amide bonds. The summed E-state index contributed by atoms with van der Waals surface area (Å²) in [7, 11) is 0. The third-order valence-corrected chi connectivity index (χ3v) is 4.08. The SMILES string of the molecule is Cc1cc(C(=O)N[C@@H]2CCC[C@@H]2C(=O)O)cc(C)c1OC(F)F. The number of ether oxygens (including phenoxy) is 1. The summed E-state index contributed by atoms with van der Waals surface area (Å²) in [4.78, 5) is 23.5. The van der Waals surface area contributed by atoms with Crippen LogP contribution in [0.25, 0.3) is 0 Å². The lowest BCUT2D eigenvalue weighted by Gasteiger charge is -2.18. The quantitative estimate of drug-likeness (QED) is 0.872. The number of hydrogen-bond donors (Lipinski definition) is 2. The van der Waals surface area contributed by atoms with Gasteiger partial charge in [-0.25, -0.2) is 0 Å². The zero-order valence-corrected chi connectivity index (χ0v) is 12.9. The molecule has 2 rings (SSSR count). The topological polar surface area (TPSA) is 75.6 Å². The van der Waals surface area contributed by atoms with Gasteiger partial charge in [-0.2, -0.15) is 8.78 Å². The van der Waals surface area contributed by atoms with E-state index >= 15 is 0 Å². The minimum Gasteiger partial charge on any atom is -0.481 e. The van der Waals surface area contributed by atoms with Crippen LogP contribution in [-0.4, -0.2) is 29.6 Å². The number of carbonyl (C=O) groups excluding carboxylic acids is 1. The van der Waals surface area contributed by atoms with Crippen molar-refractivity contribution in [3.8, 4) is 5.75 Å². The summed E-state index contributed by atoms with van der Waals surface area (Å²) in [6.07, 6.45) is 1.91. The molecule has 1 fully saturated rings. The molecule has 1 aliphatic carbocycles. The zero-order chi connectivity index (χ0) is 17.1. The average molecular weight is 327 g/mol. The number of carboxylic acids is 1. The number of benzene rings is 1. The van der Waals surface area contributed by atoms with Crippen molar-refractivity contribution in [1.82, 2.24) is 5.32 Å². The van der Waals surface area contributed by atoms with Gasteiger partial charge in [0.15, 0.2) is 0 Å². The van der Waals surface area contributed by atoms with Gasteiger partial charge in [0.1, 0.15) is 5.75 Å². The molecule has 1 aromatic carbocycles. The molecule has 2 atom stereocenters. The van der Waals surface area contributed by atoms with Crippen LogP contribution in [0.3, 0.4) is 0 Å². The molecule has 2 N–H and O–H groups in total. The van der Waals surface area contributed by atoms with E-state index in [1.165, 1.54) is 12.1 Å². The fraction of sp³-hybridized carbons (Fsp3) is 0.500. The third kappa shape index (κ3) is 3.97. The number of hydrogen-bond acceptors (Lipinski definition) is 3. The van der Waals surface area contributed by atoms with Crippen molar-refractivity contribution in [3.05, 3.63) is 28.8 Å². The van der Waals surface area contributed by atoms with Gasteiger partial charge >= 0.3 is 12.6 Å². The van der Waals surface area contributed by atoms with Gasteiger partial charge < -0.3 is 15.2 Å². The molecular formula is C16H19F2NO4. The van der Waals surface area contributed by atoms with E-state index in [1.54, 1.807) is 13.8 Å². The second-order valence-electron chi connectivity index (χ2n) is 5.77. The van der Waals surface area contributed by atoms with Crippen molar-refractivity contribution in [2.45, 2.75) is 45.8 Å². The molecule has 7 heteroatoms. The number of aliphatic carboxylic acids is 1. The Balaban J connectivity index is 2.15. The maximum absolute atomic E-state index is 12.4. The lowest BCUT2D eigenvalue weighted by Crippen LogP contribution is -2.40. The van der Waals surface area contributed by atoms with Crippen LogP contribution in [-0.2, 0) is 4.79 Å². The van der Waals surface area contributed by atoms with Crippen LogP contribution in [0.15, 0.2) is 12.1 Å². The van der Waals surface area contributed by atoms with Crippen molar-refractivity contribution in [1.29, 1.82) is 0 Å². The number of nitrogens with one attached hydrogen (secondary N) is 1. The molecule has 0 radical (unpaired) electrons. The maximum Gasteiger partial charge on any atom is 0.387 e. The van der Waals surface area contributed by atoms with Crippen LogP contribution in [0.2, 0.25) is 0 Å². The molecular weight excluding hydrogens is 308 g/mol. The molecule has 0 heterocycles. The number of aryl methyl sites for hydroxylation is 2. The minimum atomic E-state index is -2.93. The Morgan fingerprint density at radius 1 is 1.26 bits per heavy atom. The van der Waals surface area contributed by atoms with Gasteiger partial charge in [0.05, 0.1) is 5.92 Å². The summed E-state index contributed by atoms with van der Waals surface area (Å²) < 4.78 is 29.2. The van der Waals surface area contributed by atoms with E-state index in [-0.39, 0.29) is 5.75 Å². The van der Waals surface area contributed by atoms with Gasteiger partial charge in [-0.15, -0.1) is 0 Å². The normalized spacial score (nSPS) is 20.6. The predicted octanol–water partition coefficient (Wildman–Crippen LogP) is 2.89. The van der Waals surface area contributed by atoms with Crippen LogP contribution >= 0.6 is 0 Å². The number of carboxylic acid groups (broad SMARTS) is 1. The van der Waals surface area contributed by atoms with Crippen LogP contribution in [0, 0.1) is 19.8 Å². The summed E-state index contributed by atoms with van der Waals surface area (Å²) in [5.74, 6) is -1.85. The highest BCUT2D eigenvalue weighted by molar-refractivity contribution is 5.95. The van der Waals surface area contributed by atoms with E-state index in [0.717, 1.165) is 6.42 Å². The van der Waals surface area contributed by atoms with Crippen molar-refractivity contribution in [3.63, 3.8) is 0 Å². The smallest absolute Gasteiger partial charge is 0.387 e. The molecule has 0 aromatic heterocycles. The predicted molar refractivity (Wildman–Crippen MR) is 78.8 cm³/mol. The number of halogens is 2. The summed E-state index contributed by atoms with van der Waals surface area (Å²) >= 11 is 0. The Labute approximate surface area is 132 Å². The summed E-state index contributed by atoms with van der Waals surface area (Å²) in [6, 6.07) is 2.52. The van der Waals surface area contributed by atoms with Gasteiger partial charge in [0.2, 0.25) is 0 Å². The van der Waals surface area contributed by atoms with E-state index < -0.39 is 30.4 Å². The van der Waals surface area contributed by atoms with E-state index in [2.05, 4.69) is 10.1 Å². The number of carbonyl (C=O) groups is 2. The van der Waals surface area contributed by atoms with Crippen molar-refractivity contribution < 1.29 is 28.2 Å². The molecule has 23 heavy (non-hydrogen) atoms. The first-order chi connectivity index (χ1) is 10.8. The highest BCUT2D eigenvalue weighted by Crippen LogP contribution is 2.28. The lowest BCUT2D eigenvalue weighted by atomic mass is 10.0. The van der Waals surface area contributed by atoms with Gasteiger partial charge in [-0.1, -0.05) is 6.42 Å². The van der Waals surface area contributed by atoms with Crippen LogP contribution in [0.4, 0.5) is 8.78 Å². The monoisotopic (exact) mass is 327 g/mol. The Hall–Kier alpha value is -2.18. The first-order valence-electron chi connectivity index (χ1n) is 7.39. The first-order valence-corrected chi connectivity index (χ1v) is 7.39. The Morgan fingerprint density at radius 3 is 2.39 bits per heavy atom. The highest BCUT2D eigenvalue weighted by Gasteiger charge is 2.34. The summed E-state index contributed by atoms with van der Waals surface area (Å²) in [5.41, 5.74) is 1.16. The second-order valence-corrected chi connectivity index (χ2v) is 5.77. The molecule has 0 spiro atoms. The molecule has 1 aliphatic rings. The average Bonchev–Trinajstić information content (AvgIpc) is 2.90. The van der Waals surface area contributed by atoms with E-state index in [4.69, 9.17) is 5.11 Å². The zero-order valence-electron chi connectivity index (χ0n) is 12.9. The van der Waals surface area contributed by atoms with Crippen LogP contribution in [0.1, 0.15) is 40.7 Å². The molecule has 1 saturated carbocycles. The van der Waals surface area contributed by atoms with E-state index in [9.17, 15) is 18.4 Å². The van der Waals surface area contributed by atoms with Crippen molar-refractivity contribution in [2.75, 3.05) is 0 Å². The Morgan fingerprint density at radius 2 is 1.87 bits per heavy atom. The van der Waals surface area contributed by atoms with Crippen molar-refractivity contribution in [2.24, 2.45) is 5.92 Å². The first kappa shape index (κ1) is 17.2. The Kier molecular flexibility index (Phi) is 5.18. The number of rotatable bonds is 5. The molecule has 0 aliphatic heterocycles. The van der Waals surface area contributed by atoms with Crippen LogP contribution in [0.5, 0.6) is 5.75 Å². The minimum absolute atomic E-state index is 0.0563. The molecule has 0 bridgehead atoms. The Bertz CT molecular complexity index is 595. The number of alkyl halides is 2. The fourth-order valence-electron chi connectivity index (χ4n) is 3.04. The van der Waals surface area contributed by atoms with Gasteiger partial charge in [0.25, 0.3) is 5.91 Å². The molecule has 0 saturated heterocycles. The van der Waals surface area contributed by atoms with Gasteiger partial charge in [0, 0.05) is 11.6 Å². The summed E-state index contributed by atoms with van der Waals surface area (Å²) in [6.45, 7) is 0.232. The van der Waals surface area contributed by atoms with Gasteiger partial charge in [-0.3, -0.25) is 9.59 Å². The maximum atomic E-state index is 12.4. The van der Waals surface area contributed by atoms with Crippen LogP contribution < -0.4 is 10.1 Å². The van der Waals surface area contributed by atoms with Crippen molar-refractivity contribution >= 4 is 11.9 Å². The largest absolute Gasteiger partial charge is 0.481 e. The van der Waals surface area contributed by atoms with E-state index in [0.29, 0.717) is 29.5 Å². The second kappa shape index (κ2) is 6.93. The summed E-state index contributed by atoms with van der Waals surface area (Å²) in [5, 5.41) is 11.9. The molecule has 5 nitrogen and oxygen atoms in total. The number of amides is 1. The molecule has 1 aromatic rings. The standard InChI is InChI=1S/C16H19F2NO4/c1-8-6-10(7-9(2)13(8)23-16(17)18)14(20)19-12-5-3-4-11(12)15(21)22/h6-7,11-12,16H,3-5H2,1-2H3,(H,19,20)(H,21,22)/t11-,12+/m0/s1. The highest BCUT2D eigenvalue weighted by atomic mass is 19.3. The van der Waals surface area contributed by atoms with Gasteiger partial charge in [-0.05, 0) is 49.9 Å². The van der Waals surface area contributed by atoms with E-state index in [1.807, 2.05) is 0 Å². The fourth-order valence-corrected chi connectivity index (χ4v) is 3.04. The lowest BCUT2D eigenvalue weighted by molar-refractivity contribution is -0.142. The molecule has 0 unspecified atom stereocenters. The molecule has 126 valence electrons. The third-order valence-electron chi connectivity index (χ3n) is 4.08.